The van der Waals surface area contributed by atoms with E-state index in [2.05, 4.69) is 20.3 Å². The summed E-state index contributed by atoms with van der Waals surface area (Å²) in [5, 5.41) is 2.37. The van der Waals surface area contributed by atoms with Crippen molar-refractivity contribution in [3.8, 4) is 0 Å². The molecule has 0 spiro atoms. The number of carbonyl (C=O) groups is 1. The fourth-order valence-electron chi connectivity index (χ4n) is 1.96. The molecule has 142 valence electrons. The van der Waals surface area contributed by atoms with Crippen molar-refractivity contribution >= 4 is 43.6 Å². The third kappa shape index (κ3) is 4.83. The SMILES string of the molecule is CCOC(OCC)(OCCOn1cnc2c(Cl)nc(NC=O)nc21)[PH+]=O. The maximum absolute atomic E-state index is 11.4. The molecule has 1 unspecified atom stereocenters. The second-order valence-electron chi connectivity index (χ2n) is 4.55. The van der Waals surface area contributed by atoms with Gasteiger partial charge in [-0.25, -0.2) is 4.98 Å². The van der Waals surface area contributed by atoms with Crippen LogP contribution in [0.25, 0.3) is 11.2 Å². The molecule has 1 atom stereocenters. The molecule has 2 aromatic heterocycles. The van der Waals surface area contributed by atoms with Gasteiger partial charge in [0.1, 0.15) is 18.5 Å². The van der Waals surface area contributed by atoms with E-state index in [1.54, 1.807) is 13.8 Å². The molecule has 11 nitrogen and oxygen atoms in total. The number of nitrogens with one attached hydrogen (secondary N) is 1. The summed E-state index contributed by atoms with van der Waals surface area (Å²) < 4.78 is 28.7. The molecule has 1 N–H and O–H groups in total. The Morgan fingerprint density at radius 3 is 2.62 bits per heavy atom. The zero-order valence-corrected chi connectivity index (χ0v) is 15.9. The highest BCUT2D eigenvalue weighted by Gasteiger charge is 2.43. The zero-order chi connectivity index (χ0) is 19.0. The smallest absolute Gasteiger partial charge is 0.408 e. The van der Waals surface area contributed by atoms with E-state index in [1.807, 2.05) is 0 Å². The minimum atomic E-state index is -1.61. The van der Waals surface area contributed by atoms with Gasteiger partial charge in [0.2, 0.25) is 18.0 Å². The molecular weight excluding hydrogens is 389 g/mol. The third-order valence-electron chi connectivity index (χ3n) is 2.91. The Labute approximate surface area is 155 Å². The van der Waals surface area contributed by atoms with E-state index in [4.69, 9.17) is 30.6 Å². The Kier molecular flexibility index (Phi) is 7.61. The Bertz CT molecular complexity index is 754. The van der Waals surface area contributed by atoms with Crippen LogP contribution in [0.15, 0.2) is 6.33 Å². The quantitative estimate of drug-likeness (QED) is 0.182. The van der Waals surface area contributed by atoms with Crippen molar-refractivity contribution in [3.63, 3.8) is 0 Å². The molecule has 0 saturated heterocycles. The lowest BCUT2D eigenvalue weighted by Gasteiger charge is -2.19. The van der Waals surface area contributed by atoms with Gasteiger partial charge >= 0.3 is 14.2 Å². The number of ether oxygens (including phenoxy) is 3. The van der Waals surface area contributed by atoms with Crippen LogP contribution in [0.4, 0.5) is 5.95 Å². The number of rotatable bonds is 12. The number of halogens is 1. The number of imidazole rings is 1. The fourth-order valence-corrected chi connectivity index (χ4v) is 2.74. The summed E-state index contributed by atoms with van der Waals surface area (Å²) >= 11 is 5.99. The van der Waals surface area contributed by atoms with Crippen molar-refractivity contribution in [3.05, 3.63) is 11.5 Å². The number of hydrogen-bond donors (Lipinski definition) is 1. The van der Waals surface area contributed by atoms with E-state index >= 15 is 0 Å². The normalized spacial score (nSPS) is 11.8. The first-order valence-electron chi connectivity index (χ1n) is 7.64. The van der Waals surface area contributed by atoms with Crippen LogP contribution in [0.3, 0.4) is 0 Å². The Hall–Kier alpha value is -1.91. The summed E-state index contributed by atoms with van der Waals surface area (Å²) in [6.45, 7) is 4.08. The van der Waals surface area contributed by atoms with Crippen LogP contribution in [0.1, 0.15) is 13.8 Å². The van der Waals surface area contributed by atoms with E-state index < -0.39 is 14.2 Å². The number of aromatic nitrogens is 4. The average molecular weight is 407 g/mol. The molecule has 1 amide bonds. The van der Waals surface area contributed by atoms with Gasteiger partial charge in [0.05, 0.1) is 19.8 Å². The van der Waals surface area contributed by atoms with E-state index in [-0.39, 0.29) is 43.2 Å². The van der Waals surface area contributed by atoms with E-state index in [9.17, 15) is 9.36 Å². The first-order chi connectivity index (χ1) is 12.6. The summed E-state index contributed by atoms with van der Waals surface area (Å²) in [5.74, 6) is 0.0124. The standard InChI is InChI=1S/C13H17ClN5O6P/c1-3-22-13(26-21,23-4-2)24-5-6-25-19-7-15-9-10(14)17-12(16-8-20)18-11(9)19/h7-8H,3-6H2,1-2H3,(H,16,17,18,20)/p+1. The molecule has 2 aromatic rings. The second kappa shape index (κ2) is 9.70. The Balaban J connectivity index is 2.03. The topological polar surface area (TPSA) is 127 Å². The largest absolute Gasteiger partial charge is 0.496 e. The predicted octanol–water partition coefficient (Wildman–Crippen LogP) is 1.20. The number of amides is 1. The van der Waals surface area contributed by atoms with Crippen molar-refractivity contribution in [1.29, 1.82) is 0 Å². The molecule has 0 fully saturated rings. The minimum Gasteiger partial charge on any atom is -0.408 e. The highest BCUT2D eigenvalue weighted by molar-refractivity contribution is 7.25. The summed E-state index contributed by atoms with van der Waals surface area (Å²) in [7, 11) is -0.973. The Morgan fingerprint density at radius 1 is 1.27 bits per heavy atom. The van der Waals surface area contributed by atoms with Gasteiger partial charge in [-0.2, -0.15) is 14.7 Å². The summed E-state index contributed by atoms with van der Waals surface area (Å²) in [5.41, 5.74) is -1.04. The van der Waals surface area contributed by atoms with Gasteiger partial charge < -0.3 is 4.84 Å². The molecule has 0 aliphatic carbocycles. The van der Waals surface area contributed by atoms with E-state index in [1.165, 1.54) is 11.1 Å². The summed E-state index contributed by atoms with van der Waals surface area (Å²) in [4.78, 5) is 28.0. The predicted molar refractivity (Wildman–Crippen MR) is 92.4 cm³/mol. The van der Waals surface area contributed by atoms with Crippen LogP contribution < -0.4 is 10.2 Å². The number of anilines is 1. The molecule has 0 aromatic carbocycles. The number of carbonyl (C=O) groups excluding carboxylic acids is 1. The van der Waals surface area contributed by atoms with Crippen LogP contribution >= 0.6 is 20.1 Å². The maximum Gasteiger partial charge on any atom is 0.496 e. The van der Waals surface area contributed by atoms with Crippen molar-refractivity contribution in [1.82, 2.24) is 19.7 Å². The van der Waals surface area contributed by atoms with Crippen LogP contribution in [-0.2, 0) is 23.6 Å². The number of nitrogens with zero attached hydrogens (tertiary/aromatic N) is 4. The fraction of sp³-hybridized carbons (Fsp3) is 0.538. The van der Waals surface area contributed by atoms with Gasteiger partial charge in [-0.3, -0.25) is 24.3 Å². The first-order valence-corrected chi connectivity index (χ1v) is 8.93. The highest BCUT2D eigenvalue weighted by atomic mass is 35.5. The van der Waals surface area contributed by atoms with Crippen molar-refractivity contribution in [2.75, 3.05) is 31.7 Å². The summed E-state index contributed by atoms with van der Waals surface area (Å²) in [6.07, 6.45) is 1.78. The highest BCUT2D eigenvalue weighted by Crippen LogP contribution is 2.28. The Morgan fingerprint density at radius 2 is 2.00 bits per heavy atom. The monoisotopic (exact) mass is 406 g/mol. The molecule has 2 rings (SSSR count). The minimum absolute atomic E-state index is 0.0124. The lowest BCUT2D eigenvalue weighted by atomic mass is 10.5. The van der Waals surface area contributed by atoms with Crippen LogP contribution in [0.2, 0.25) is 5.15 Å². The van der Waals surface area contributed by atoms with Crippen molar-refractivity contribution < 1.29 is 28.4 Å². The van der Waals surface area contributed by atoms with Gasteiger partial charge in [0.25, 0.3) is 0 Å². The number of fused-ring (bicyclic) bond motifs is 1. The van der Waals surface area contributed by atoms with Crippen LogP contribution in [0.5, 0.6) is 0 Å². The van der Waals surface area contributed by atoms with Crippen molar-refractivity contribution in [2.45, 2.75) is 19.6 Å². The van der Waals surface area contributed by atoms with E-state index in [0.717, 1.165) is 0 Å². The van der Waals surface area contributed by atoms with Gasteiger partial charge in [0, 0.05) is 0 Å². The molecule has 26 heavy (non-hydrogen) atoms. The van der Waals surface area contributed by atoms with Gasteiger partial charge in [-0.05, 0) is 13.8 Å². The van der Waals surface area contributed by atoms with Crippen LogP contribution in [-0.4, -0.2) is 58.2 Å². The lowest BCUT2D eigenvalue weighted by molar-refractivity contribution is -0.320. The van der Waals surface area contributed by atoms with Gasteiger partial charge in [-0.15, -0.1) is 0 Å². The lowest BCUT2D eigenvalue weighted by Crippen LogP contribution is -2.35. The molecular formula is C13H18ClN5O6P+. The number of hydrogen-bond acceptors (Lipinski definition) is 9. The average Bonchev–Trinajstić information content (AvgIpc) is 3.03. The molecule has 2 heterocycles. The van der Waals surface area contributed by atoms with Crippen LogP contribution in [0, 0.1) is 0 Å². The maximum atomic E-state index is 11.4. The molecule has 0 aliphatic heterocycles. The molecule has 0 saturated carbocycles. The molecule has 0 radical (unpaired) electrons. The van der Waals surface area contributed by atoms with Gasteiger partial charge in [0.15, 0.2) is 5.15 Å². The summed E-state index contributed by atoms with van der Waals surface area (Å²) in [6, 6.07) is 0. The van der Waals surface area contributed by atoms with Gasteiger partial charge in [-0.1, -0.05) is 16.2 Å². The van der Waals surface area contributed by atoms with E-state index in [0.29, 0.717) is 11.9 Å². The third-order valence-corrected chi connectivity index (χ3v) is 3.86. The van der Waals surface area contributed by atoms with Crippen molar-refractivity contribution in [2.24, 2.45) is 0 Å². The zero-order valence-electron chi connectivity index (χ0n) is 14.1. The molecule has 0 bridgehead atoms. The first kappa shape index (κ1) is 20.4. The second-order valence-corrected chi connectivity index (χ2v) is 5.72. The molecule has 0 aliphatic rings. The molecule has 13 heteroatoms.